The lowest BCUT2D eigenvalue weighted by Crippen LogP contribution is -2.44. The van der Waals surface area contributed by atoms with E-state index in [1.54, 1.807) is 55.9 Å². The summed E-state index contributed by atoms with van der Waals surface area (Å²) >= 11 is 0. The summed E-state index contributed by atoms with van der Waals surface area (Å²) in [6.45, 7) is -0.146. The normalized spacial score (nSPS) is 11.4. The van der Waals surface area contributed by atoms with E-state index >= 15 is 0 Å². The van der Waals surface area contributed by atoms with Gasteiger partial charge in [-0.15, -0.1) is 0 Å². The number of hydrogen-bond acceptors (Lipinski definition) is 9. The van der Waals surface area contributed by atoms with Gasteiger partial charge in [-0.3, -0.25) is 33.6 Å². The summed E-state index contributed by atoms with van der Waals surface area (Å²) < 4.78 is 6.12. The number of amides is 7. The smallest absolute Gasteiger partial charge is 0.272 e. The molecule has 54 heavy (non-hydrogen) atoms. The van der Waals surface area contributed by atoms with Gasteiger partial charge in [0.25, 0.3) is 23.6 Å². The number of carbonyl (C=O) groups is 7. The lowest BCUT2D eigenvalue weighted by atomic mass is 10.1. The van der Waals surface area contributed by atoms with E-state index in [1.807, 2.05) is 0 Å². The van der Waals surface area contributed by atoms with Gasteiger partial charge in [0.05, 0.1) is 35.8 Å². The van der Waals surface area contributed by atoms with Gasteiger partial charge < -0.3 is 67.4 Å². The number of primary amides is 1. The highest BCUT2D eigenvalue weighted by Gasteiger charge is 2.22. The van der Waals surface area contributed by atoms with E-state index in [1.165, 1.54) is 39.6 Å². The number of unbranched alkanes of at least 4 members (excludes halogenated alkanes) is 1. The average Bonchev–Trinajstić information content (AvgIpc) is 3.88. The molecule has 12 N–H and O–H groups in total. The first-order valence-corrected chi connectivity index (χ1v) is 16.8. The van der Waals surface area contributed by atoms with Crippen LogP contribution in [-0.4, -0.2) is 85.3 Å². The first-order valence-electron chi connectivity index (χ1n) is 16.8. The quantitative estimate of drug-likeness (QED) is 0.0630. The molecule has 0 aliphatic heterocycles. The van der Waals surface area contributed by atoms with Crippen molar-refractivity contribution in [2.45, 2.75) is 25.3 Å². The van der Waals surface area contributed by atoms with Gasteiger partial charge in [-0.05, 0) is 43.5 Å². The Morgan fingerprint density at radius 3 is 1.31 bits per heavy atom. The maximum Gasteiger partial charge on any atom is 0.272 e. The Balaban J connectivity index is 1.24. The van der Waals surface area contributed by atoms with Gasteiger partial charge in [-0.1, -0.05) is 0 Å². The van der Waals surface area contributed by atoms with Crippen molar-refractivity contribution in [3.05, 3.63) is 71.8 Å². The number of nitrogens with two attached hydrogens (primary N) is 3. The molecule has 0 saturated carbocycles. The Hall–Kier alpha value is -6.67. The zero-order chi connectivity index (χ0) is 39.7. The number of carbonyl (C=O) groups excluding carboxylic acids is 7. The Morgan fingerprint density at radius 1 is 0.556 bits per heavy atom. The van der Waals surface area contributed by atoms with E-state index in [-0.39, 0.29) is 54.7 Å². The molecular formula is C34H45N13O7. The van der Waals surface area contributed by atoms with E-state index in [0.717, 1.165) is 0 Å². The standard InChI is InChI=1S/C34H45N13O7/c1-44-17-21(41-32(52)25-9-19(15-45(25)2)39-28(48)13-35)11-24(44)31(51)38-8-6-5-7-23(30(37)50)43-34(54)27-12-22(18-47(27)4)42-33(53)26-10-20(16-46(26)3)40-29(49)14-36/h9-12,15-18,23H,5-8,13-14,35-36H2,1-4H3,(H2,37,50)(H,38,51)(H,39,48)(H,40,49)(H,41,52)(H,42,53)(H,43,54). The highest BCUT2D eigenvalue weighted by Crippen LogP contribution is 2.19. The van der Waals surface area contributed by atoms with Gasteiger partial charge in [-0.25, -0.2) is 0 Å². The SMILES string of the molecule is Cn1cc(NC(=O)c2cc(NC(=O)CN)cn2C)cc1C(=O)NCCCCC(NC(=O)c1cc(NC(=O)c2cc(NC(=O)CN)cn2C)cn1C)C(N)=O. The number of nitrogens with one attached hydrogen (secondary N) is 6. The topological polar surface area (TPSA) is 289 Å². The molecule has 4 aromatic rings. The first kappa shape index (κ1) is 40.1. The molecule has 4 heterocycles. The van der Waals surface area contributed by atoms with Crippen molar-refractivity contribution >= 4 is 64.1 Å². The summed E-state index contributed by atoms with van der Waals surface area (Å²) in [5, 5.41) is 16.1. The highest BCUT2D eigenvalue weighted by molar-refractivity contribution is 6.06. The van der Waals surface area contributed by atoms with Gasteiger partial charge in [0.1, 0.15) is 28.8 Å². The van der Waals surface area contributed by atoms with Gasteiger partial charge in [0.2, 0.25) is 17.7 Å². The molecule has 4 aromatic heterocycles. The number of aryl methyl sites for hydroxylation is 4. The third-order valence-electron chi connectivity index (χ3n) is 8.26. The fourth-order valence-corrected chi connectivity index (χ4v) is 5.53. The van der Waals surface area contributed by atoms with Crippen molar-refractivity contribution < 1.29 is 33.6 Å². The molecule has 7 amide bonds. The molecule has 0 fully saturated rings. The molecule has 20 heteroatoms. The van der Waals surface area contributed by atoms with Crippen LogP contribution in [0.25, 0.3) is 0 Å². The summed E-state index contributed by atoms with van der Waals surface area (Å²) in [5.74, 6) is -3.45. The monoisotopic (exact) mass is 747 g/mol. The molecule has 0 aliphatic carbocycles. The predicted molar refractivity (Wildman–Crippen MR) is 200 cm³/mol. The van der Waals surface area contributed by atoms with Crippen molar-refractivity contribution in [2.75, 3.05) is 40.9 Å². The fourth-order valence-electron chi connectivity index (χ4n) is 5.53. The lowest BCUT2D eigenvalue weighted by Gasteiger charge is -2.15. The van der Waals surface area contributed by atoms with Gasteiger partial charge in [0.15, 0.2) is 0 Å². The average molecular weight is 748 g/mol. The minimum absolute atomic E-state index is 0.161. The van der Waals surface area contributed by atoms with E-state index < -0.39 is 41.5 Å². The Morgan fingerprint density at radius 2 is 0.926 bits per heavy atom. The molecular weight excluding hydrogens is 702 g/mol. The lowest BCUT2D eigenvalue weighted by molar-refractivity contribution is -0.120. The number of aromatic nitrogens is 4. The molecule has 20 nitrogen and oxygen atoms in total. The van der Waals surface area contributed by atoms with Crippen LogP contribution < -0.4 is 49.1 Å². The molecule has 0 bridgehead atoms. The van der Waals surface area contributed by atoms with E-state index in [4.69, 9.17) is 17.2 Å². The molecule has 1 atom stereocenters. The summed E-state index contributed by atoms with van der Waals surface area (Å²) in [6.07, 6.45) is 7.36. The number of anilines is 4. The van der Waals surface area contributed by atoms with Crippen LogP contribution in [0, 0.1) is 0 Å². The van der Waals surface area contributed by atoms with Crippen molar-refractivity contribution in [3.8, 4) is 0 Å². The van der Waals surface area contributed by atoms with Crippen LogP contribution in [0.2, 0.25) is 0 Å². The zero-order valence-electron chi connectivity index (χ0n) is 30.3. The minimum Gasteiger partial charge on any atom is -0.368 e. The molecule has 0 radical (unpaired) electrons. The molecule has 4 rings (SSSR count). The van der Waals surface area contributed by atoms with Gasteiger partial charge >= 0.3 is 0 Å². The number of rotatable bonds is 17. The van der Waals surface area contributed by atoms with E-state index in [0.29, 0.717) is 35.6 Å². The van der Waals surface area contributed by atoms with Crippen LogP contribution in [0.15, 0.2) is 49.1 Å². The van der Waals surface area contributed by atoms with Crippen LogP contribution in [0.3, 0.4) is 0 Å². The molecule has 0 spiro atoms. The van der Waals surface area contributed by atoms with Gasteiger partial charge in [0, 0.05) is 59.5 Å². The van der Waals surface area contributed by atoms with Crippen molar-refractivity contribution in [1.29, 1.82) is 0 Å². The second-order valence-corrected chi connectivity index (χ2v) is 12.5. The first-order chi connectivity index (χ1) is 25.6. The largest absolute Gasteiger partial charge is 0.368 e. The van der Waals surface area contributed by atoms with Crippen molar-refractivity contribution in [1.82, 2.24) is 28.9 Å². The molecule has 1 unspecified atom stereocenters. The second kappa shape index (κ2) is 17.7. The predicted octanol–water partition coefficient (Wildman–Crippen LogP) is -0.476. The summed E-state index contributed by atoms with van der Waals surface area (Å²) in [6, 6.07) is 4.97. The van der Waals surface area contributed by atoms with Crippen LogP contribution in [0.1, 0.15) is 61.2 Å². The minimum atomic E-state index is -0.997. The van der Waals surface area contributed by atoms with E-state index in [9.17, 15) is 33.6 Å². The van der Waals surface area contributed by atoms with Crippen molar-refractivity contribution in [2.24, 2.45) is 45.4 Å². The molecule has 288 valence electrons. The maximum atomic E-state index is 13.1. The fraction of sp³-hybridized carbons (Fsp3) is 0.324. The van der Waals surface area contributed by atoms with Crippen molar-refractivity contribution in [3.63, 3.8) is 0 Å². The maximum absolute atomic E-state index is 13.1. The Bertz CT molecular complexity index is 2070. The summed E-state index contributed by atoms with van der Waals surface area (Å²) in [7, 11) is 6.54. The third-order valence-corrected chi connectivity index (χ3v) is 8.26. The Kier molecular flexibility index (Phi) is 13.1. The number of nitrogens with zero attached hydrogens (tertiary/aromatic N) is 4. The summed E-state index contributed by atoms with van der Waals surface area (Å²) in [5.41, 5.74) is 18.7. The second-order valence-electron chi connectivity index (χ2n) is 12.5. The third kappa shape index (κ3) is 10.2. The van der Waals surface area contributed by atoms with Crippen LogP contribution in [0.4, 0.5) is 22.7 Å². The molecule has 0 aliphatic rings. The zero-order valence-corrected chi connectivity index (χ0v) is 30.3. The highest BCUT2D eigenvalue weighted by atomic mass is 16.2. The Labute approximate surface area is 309 Å². The molecule has 0 aromatic carbocycles. The summed E-state index contributed by atoms with van der Waals surface area (Å²) in [4.78, 5) is 87.2. The van der Waals surface area contributed by atoms with Gasteiger partial charge in [-0.2, -0.15) is 0 Å². The number of hydrogen-bond donors (Lipinski definition) is 9. The van der Waals surface area contributed by atoms with E-state index in [2.05, 4.69) is 31.9 Å². The van der Waals surface area contributed by atoms with Crippen LogP contribution in [-0.2, 0) is 42.6 Å². The van der Waals surface area contributed by atoms with Crippen LogP contribution >= 0.6 is 0 Å². The van der Waals surface area contributed by atoms with Crippen LogP contribution in [0.5, 0.6) is 0 Å². The molecule has 0 saturated heterocycles.